The predicted molar refractivity (Wildman–Crippen MR) is 77.6 cm³/mol. The monoisotopic (exact) mass is 264 g/mol. The lowest BCUT2D eigenvalue weighted by atomic mass is 10.1. The first-order valence-electron chi connectivity index (χ1n) is 6.93. The second-order valence-corrected chi connectivity index (χ2v) is 5.61. The Morgan fingerprint density at radius 3 is 2.47 bits per heavy atom. The van der Waals surface area contributed by atoms with Crippen molar-refractivity contribution in [2.45, 2.75) is 26.8 Å². The van der Waals surface area contributed by atoms with Crippen LogP contribution in [-0.2, 0) is 6.54 Å². The van der Waals surface area contributed by atoms with Gasteiger partial charge >= 0.3 is 0 Å². The molecule has 0 atom stereocenters. The summed E-state index contributed by atoms with van der Waals surface area (Å²) in [6.07, 6.45) is 1.20. The van der Waals surface area contributed by atoms with Crippen LogP contribution < -0.4 is 15.2 Å². The van der Waals surface area contributed by atoms with Gasteiger partial charge < -0.3 is 20.1 Å². The molecule has 0 saturated carbocycles. The zero-order chi connectivity index (χ0) is 13.8. The highest BCUT2D eigenvalue weighted by atomic mass is 16.6. The quantitative estimate of drug-likeness (QED) is 0.830. The summed E-state index contributed by atoms with van der Waals surface area (Å²) in [6, 6.07) is 3.88. The minimum absolute atomic E-state index is 0.597. The minimum atomic E-state index is 0.597. The van der Waals surface area contributed by atoms with E-state index >= 15 is 0 Å². The Morgan fingerprint density at radius 1 is 1.21 bits per heavy atom. The number of nitrogens with zero attached hydrogens (tertiary/aromatic N) is 1. The molecule has 0 spiro atoms. The second kappa shape index (κ2) is 6.15. The van der Waals surface area contributed by atoms with Gasteiger partial charge in [-0.15, -0.1) is 0 Å². The standard InChI is InChI=1S/C15H24N2O2/c1-11(2)4-5-17(3)10-12-8-14-15(9-13(12)16)19-7-6-18-14/h8-9,11H,4-7,10,16H2,1-3H3. The molecule has 0 fully saturated rings. The average Bonchev–Trinajstić information content (AvgIpc) is 2.37. The Hall–Kier alpha value is -1.42. The van der Waals surface area contributed by atoms with Gasteiger partial charge in [0, 0.05) is 18.3 Å². The molecule has 19 heavy (non-hydrogen) atoms. The van der Waals surface area contributed by atoms with Gasteiger partial charge in [-0.05, 0) is 37.6 Å². The summed E-state index contributed by atoms with van der Waals surface area (Å²) in [5.74, 6) is 2.30. The lowest BCUT2D eigenvalue weighted by Crippen LogP contribution is -2.22. The SMILES string of the molecule is CC(C)CCN(C)Cc1cc2c(cc1N)OCCO2. The van der Waals surface area contributed by atoms with E-state index in [1.165, 1.54) is 6.42 Å². The summed E-state index contributed by atoms with van der Waals surface area (Å²) in [7, 11) is 2.12. The van der Waals surface area contributed by atoms with Crippen molar-refractivity contribution in [2.24, 2.45) is 5.92 Å². The van der Waals surface area contributed by atoms with Crippen LogP contribution >= 0.6 is 0 Å². The van der Waals surface area contributed by atoms with Gasteiger partial charge in [-0.1, -0.05) is 13.8 Å². The topological polar surface area (TPSA) is 47.7 Å². The fraction of sp³-hybridized carbons (Fsp3) is 0.600. The molecule has 0 aromatic heterocycles. The summed E-state index contributed by atoms with van der Waals surface area (Å²) in [5.41, 5.74) is 7.97. The van der Waals surface area contributed by atoms with E-state index in [2.05, 4.69) is 25.8 Å². The molecule has 0 amide bonds. The van der Waals surface area contributed by atoms with Crippen LogP contribution in [0.4, 0.5) is 5.69 Å². The number of nitrogens with two attached hydrogens (primary N) is 1. The molecule has 0 saturated heterocycles. The molecule has 0 radical (unpaired) electrons. The van der Waals surface area contributed by atoms with Gasteiger partial charge in [-0.2, -0.15) is 0 Å². The third-order valence-corrected chi connectivity index (χ3v) is 3.33. The number of hydrogen-bond acceptors (Lipinski definition) is 4. The molecule has 1 aliphatic rings. The first-order chi connectivity index (χ1) is 9.06. The number of hydrogen-bond donors (Lipinski definition) is 1. The average molecular weight is 264 g/mol. The van der Waals surface area contributed by atoms with Crippen molar-refractivity contribution in [3.63, 3.8) is 0 Å². The van der Waals surface area contributed by atoms with Gasteiger partial charge in [0.25, 0.3) is 0 Å². The summed E-state index contributed by atoms with van der Waals surface area (Å²) >= 11 is 0. The highest BCUT2D eigenvalue weighted by Crippen LogP contribution is 2.34. The van der Waals surface area contributed by atoms with Crippen molar-refractivity contribution in [3.05, 3.63) is 17.7 Å². The van der Waals surface area contributed by atoms with Gasteiger partial charge in [0.2, 0.25) is 0 Å². The lowest BCUT2D eigenvalue weighted by molar-refractivity contribution is 0.171. The van der Waals surface area contributed by atoms with Crippen LogP contribution in [0.15, 0.2) is 12.1 Å². The van der Waals surface area contributed by atoms with Gasteiger partial charge in [-0.3, -0.25) is 0 Å². The fourth-order valence-electron chi connectivity index (χ4n) is 2.13. The number of fused-ring (bicyclic) bond motifs is 1. The van der Waals surface area contributed by atoms with Crippen LogP contribution in [0, 0.1) is 5.92 Å². The summed E-state index contributed by atoms with van der Waals surface area (Å²) < 4.78 is 11.1. The molecule has 1 aromatic rings. The van der Waals surface area contributed by atoms with Crippen LogP contribution in [0.3, 0.4) is 0 Å². The van der Waals surface area contributed by atoms with Crippen molar-refractivity contribution in [3.8, 4) is 11.5 Å². The highest BCUT2D eigenvalue weighted by Gasteiger charge is 2.15. The number of rotatable bonds is 5. The van der Waals surface area contributed by atoms with E-state index in [1.54, 1.807) is 0 Å². The van der Waals surface area contributed by atoms with Crippen LogP contribution in [0.5, 0.6) is 11.5 Å². The molecule has 1 aliphatic heterocycles. The minimum Gasteiger partial charge on any atom is -0.486 e. The fourth-order valence-corrected chi connectivity index (χ4v) is 2.13. The Bertz CT molecular complexity index is 432. The van der Waals surface area contributed by atoms with Crippen molar-refractivity contribution >= 4 is 5.69 Å². The van der Waals surface area contributed by atoms with E-state index < -0.39 is 0 Å². The van der Waals surface area contributed by atoms with Crippen molar-refractivity contribution < 1.29 is 9.47 Å². The maximum Gasteiger partial charge on any atom is 0.163 e. The molecule has 4 nitrogen and oxygen atoms in total. The van der Waals surface area contributed by atoms with E-state index in [9.17, 15) is 0 Å². The van der Waals surface area contributed by atoms with Gasteiger partial charge in [0.05, 0.1) is 0 Å². The van der Waals surface area contributed by atoms with Crippen molar-refractivity contribution in [2.75, 3.05) is 32.5 Å². The van der Waals surface area contributed by atoms with Crippen LogP contribution in [0.2, 0.25) is 0 Å². The Morgan fingerprint density at radius 2 is 1.84 bits per heavy atom. The van der Waals surface area contributed by atoms with E-state index in [0.717, 1.165) is 41.8 Å². The number of ether oxygens (including phenoxy) is 2. The lowest BCUT2D eigenvalue weighted by Gasteiger charge is -2.23. The molecular weight excluding hydrogens is 240 g/mol. The summed E-state index contributed by atoms with van der Waals surface area (Å²) in [6.45, 7) is 7.61. The maximum absolute atomic E-state index is 6.09. The molecule has 106 valence electrons. The smallest absolute Gasteiger partial charge is 0.163 e. The van der Waals surface area contributed by atoms with Crippen molar-refractivity contribution in [1.82, 2.24) is 4.90 Å². The number of anilines is 1. The first kappa shape index (κ1) is 14.0. The molecule has 2 rings (SSSR count). The van der Waals surface area contributed by atoms with E-state index in [0.29, 0.717) is 13.2 Å². The first-order valence-corrected chi connectivity index (χ1v) is 6.93. The van der Waals surface area contributed by atoms with E-state index in [1.807, 2.05) is 12.1 Å². The maximum atomic E-state index is 6.09. The summed E-state index contributed by atoms with van der Waals surface area (Å²) in [5, 5.41) is 0. The highest BCUT2D eigenvalue weighted by molar-refractivity contribution is 5.58. The van der Waals surface area contributed by atoms with E-state index in [-0.39, 0.29) is 0 Å². The molecule has 4 heteroatoms. The molecule has 2 N–H and O–H groups in total. The van der Waals surface area contributed by atoms with Gasteiger partial charge in [0.1, 0.15) is 13.2 Å². The molecule has 0 aliphatic carbocycles. The Kier molecular flexibility index (Phi) is 4.53. The molecule has 0 bridgehead atoms. The predicted octanol–water partition coefficient (Wildman–Crippen LogP) is 2.52. The molecule has 1 heterocycles. The van der Waals surface area contributed by atoms with E-state index in [4.69, 9.17) is 15.2 Å². The molecule has 1 aromatic carbocycles. The number of nitrogen functional groups attached to an aromatic ring is 1. The van der Waals surface area contributed by atoms with Crippen LogP contribution in [0.1, 0.15) is 25.8 Å². The second-order valence-electron chi connectivity index (χ2n) is 5.61. The molecular formula is C15H24N2O2. The van der Waals surface area contributed by atoms with Crippen molar-refractivity contribution in [1.29, 1.82) is 0 Å². The third-order valence-electron chi connectivity index (χ3n) is 3.33. The number of benzene rings is 1. The largest absolute Gasteiger partial charge is 0.486 e. The third kappa shape index (κ3) is 3.77. The summed E-state index contributed by atoms with van der Waals surface area (Å²) in [4.78, 5) is 2.29. The normalized spacial score (nSPS) is 14.2. The van der Waals surface area contributed by atoms with Crippen LogP contribution in [0.25, 0.3) is 0 Å². The van der Waals surface area contributed by atoms with Crippen LogP contribution in [-0.4, -0.2) is 31.7 Å². The molecule has 0 unspecified atom stereocenters. The van der Waals surface area contributed by atoms with Gasteiger partial charge in [-0.25, -0.2) is 0 Å². The van der Waals surface area contributed by atoms with Gasteiger partial charge in [0.15, 0.2) is 11.5 Å². The zero-order valence-corrected chi connectivity index (χ0v) is 12.1. The Labute approximate surface area is 115 Å². The zero-order valence-electron chi connectivity index (χ0n) is 12.1. The Balaban J connectivity index is 2.03.